The quantitative estimate of drug-likeness (QED) is 0.769. The number of piperidine rings is 1. The Morgan fingerprint density at radius 2 is 1.88 bits per heavy atom. The van der Waals surface area contributed by atoms with E-state index in [9.17, 15) is 4.79 Å². The molecular formula is C12H22N2O2. The minimum absolute atomic E-state index is 0.217. The van der Waals surface area contributed by atoms with Crippen molar-refractivity contribution in [2.24, 2.45) is 5.92 Å². The summed E-state index contributed by atoms with van der Waals surface area (Å²) in [5, 5.41) is 6.25. The number of rotatable bonds is 3. The van der Waals surface area contributed by atoms with Gasteiger partial charge in [0.2, 0.25) is 0 Å². The van der Waals surface area contributed by atoms with Gasteiger partial charge in [-0.3, -0.25) is 0 Å². The van der Waals surface area contributed by atoms with Crippen molar-refractivity contribution < 1.29 is 9.53 Å². The van der Waals surface area contributed by atoms with E-state index < -0.39 is 0 Å². The molecule has 2 rings (SSSR count). The third-order valence-corrected chi connectivity index (χ3v) is 3.59. The second-order valence-electron chi connectivity index (χ2n) is 4.92. The van der Waals surface area contributed by atoms with Crippen molar-refractivity contribution >= 4 is 6.09 Å². The number of alkyl carbamates (subject to hydrolysis) is 1. The molecule has 1 saturated carbocycles. The molecule has 1 saturated heterocycles. The zero-order valence-electron chi connectivity index (χ0n) is 9.84. The highest BCUT2D eigenvalue weighted by atomic mass is 16.5. The van der Waals surface area contributed by atoms with Crippen molar-refractivity contribution in [3.8, 4) is 0 Å². The molecule has 1 aliphatic heterocycles. The molecule has 4 heteroatoms. The molecule has 0 unspecified atom stereocenters. The summed E-state index contributed by atoms with van der Waals surface area (Å²) in [6, 6.07) is 0.362. The molecule has 0 atom stereocenters. The van der Waals surface area contributed by atoms with Crippen molar-refractivity contribution in [2.45, 2.75) is 44.6 Å². The lowest BCUT2D eigenvalue weighted by Gasteiger charge is -2.22. The third-order valence-electron chi connectivity index (χ3n) is 3.59. The van der Waals surface area contributed by atoms with Crippen LogP contribution in [0.25, 0.3) is 0 Å². The Labute approximate surface area is 97.1 Å². The highest BCUT2D eigenvalue weighted by Crippen LogP contribution is 2.18. The van der Waals surface area contributed by atoms with Gasteiger partial charge in [-0.25, -0.2) is 4.79 Å². The summed E-state index contributed by atoms with van der Waals surface area (Å²) in [5.41, 5.74) is 0. The van der Waals surface area contributed by atoms with Crippen LogP contribution in [0, 0.1) is 5.92 Å². The van der Waals surface area contributed by atoms with Gasteiger partial charge in [-0.2, -0.15) is 0 Å². The van der Waals surface area contributed by atoms with Gasteiger partial charge in [-0.05, 0) is 44.7 Å². The fraction of sp³-hybridized carbons (Fsp3) is 0.917. The van der Waals surface area contributed by atoms with Gasteiger partial charge >= 0.3 is 6.09 Å². The number of hydrogen-bond acceptors (Lipinski definition) is 3. The van der Waals surface area contributed by atoms with E-state index in [0.717, 1.165) is 38.8 Å². The van der Waals surface area contributed by atoms with E-state index in [4.69, 9.17) is 4.74 Å². The van der Waals surface area contributed by atoms with Crippen LogP contribution >= 0.6 is 0 Å². The molecule has 1 amide bonds. The van der Waals surface area contributed by atoms with Crippen LogP contribution < -0.4 is 10.6 Å². The number of hydrogen-bond donors (Lipinski definition) is 2. The Bertz CT molecular complexity index is 221. The molecule has 0 spiro atoms. The van der Waals surface area contributed by atoms with E-state index in [1.807, 2.05) is 0 Å². The fourth-order valence-corrected chi connectivity index (χ4v) is 2.52. The van der Waals surface area contributed by atoms with Gasteiger partial charge in [0.05, 0.1) is 6.61 Å². The largest absolute Gasteiger partial charge is 0.449 e. The predicted octanol–water partition coefficient (Wildman–Crippen LogP) is 1.65. The standard InChI is InChI=1S/C12H22N2O2/c15-12(14-11-3-1-2-4-11)16-9-10-5-7-13-8-6-10/h10-11,13H,1-9H2,(H,14,15). The molecular weight excluding hydrogens is 204 g/mol. The maximum absolute atomic E-state index is 11.5. The zero-order chi connectivity index (χ0) is 11.2. The summed E-state index contributed by atoms with van der Waals surface area (Å²) >= 11 is 0. The number of ether oxygens (including phenoxy) is 1. The molecule has 4 nitrogen and oxygen atoms in total. The average Bonchev–Trinajstić information content (AvgIpc) is 2.81. The zero-order valence-corrected chi connectivity index (χ0v) is 9.84. The number of carbonyl (C=O) groups is 1. The smallest absolute Gasteiger partial charge is 0.407 e. The molecule has 92 valence electrons. The van der Waals surface area contributed by atoms with Crippen LogP contribution in [0.2, 0.25) is 0 Å². The van der Waals surface area contributed by atoms with E-state index >= 15 is 0 Å². The topological polar surface area (TPSA) is 50.4 Å². The molecule has 0 aromatic carbocycles. The first-order chi connectivity index (χ1) is 7.84. The maximum atomic E-state index is 11.5. The Morgan fingerprint density at radius 1 is 1.19 bits per heavy atom. The Kier molecular flexibility index (Phi) is 4.45. The van der Waals surface area contributed by atoms with E-state index in [0.29, 0.717) is 18.6 Å². The number of carbonyl (C=O) groups excluding carboxylic acids is 1. The van der Waals surface area contributed by atoms with Crippen molar-refractivity contribution in [3.63, 3.8) is 0 Å². The molecule has 2 N–H and O–H groups in total. The van der Waals surface area contributed by atoms with E-state index in [2.05, 4.69) is 10.6 Å². The molecule has 0 aromatic heterocycles. The number of nitrogens with one attached hydrogen (secondary N) is 2. The fourth-order valence-electron chi connectivity index (χ4n) is 2.52. The van der Waals surface area contributed by atoms with Crippen LogP contribution in [-0.4, -0.2) is 31.8 Å². The van der Waals surface area contributed by atoms with Crippen molar-refractivity contribution in [2.75, 3.05) is 19.7 Å². The molecule has 2 aliphatic rings. The van der Waals surface area contributed by atoms with Crippen molar-refractivity contribution in [1.29, 1.82) is 0 Å². The SMILES string of the molecule is O=C(NC1CCCC1)OCC1CCNCC1. The maximum Gasteiger partial charge on any atom is 0.407 e. The van der Waals surface area contributed by atoms with E-state index in [1.54, 1.807) is 0 Å². The molecule has 1 heterocycles. The first-order valence-corrected chi connectivity index (χ1v) is 6.48. The average molecular weight is 226 g/mol. The lowest BCUT2D eigenvalue weighted by molar-refractivity contribution is 0.115. The minimum atomic E-state index is -0.217. The first kappa shape index (κ1) is 11.7. The Hall–Kier alpha value is -0.770. The Balaban J connectivity index is 1.59. The van der Waals surface area contributed by atoms with E-state index in [-0.39, 0.29) is 6.09 Å². The van der Waals surface area contributed by atoms with Crippen LogP contribution in [0.4, 0.5) is 4.79 Å². The third kappa shape index (κ3) is 3.67. The van der Waals surface area contributed by atoms with Crippen LogP contribution in [0.3, 0.4) is 0 Å². The summed E-state index contributed by atoms with van der Waals surface area (Å²) in [5.74, 6) is 0.551. The van der Waals surface area contributed by atoms with Crippen molar-refractivity contribution in [1.82, 2.24) is 10.6 Å². The van der Waals surface area contributed by atoms with Gasteiger partial charge < -0.3 is 15.4 Å². The summed E-state index contributed by atoms with van der Waals surface area (Å²) < 4.78 is 5.27. The molecule has 2 fully saturated rings. The van der Waals surface area contributed by atoms with Crippen LogP contribution in [0.15, 0.2) is 0 Å². The Morgan fingerprint density at radius 3 is 2.56 bits per heavy atom. The molecule has 16 heavy (non-hydrogen) atoms. The normalized spacial score (nSPS) is 23.2. The van der Waals surface area contributed by atoms with Gasteiger partial charge in [0, 0.05) is 6.04 Å². The lowest BCUT2D eigenvalue weighted by atomic mass is 9.99. The van der Waals surface area contributed by atoms with Gasteiger partial charge in [0.15, 0.2) is 0 Å². The van der Waals surface area contributed by atoms with Gasteiger partial charge in [-0.15, -0.1) is 0 Å². The molecule has 1 aliphatic carbocycles. The first-order valence-electron chi connectivity index (χ1n) is 6.48. The molecule has 0 aromatic rings. The molecule has 0 bridgehead atoms. The van der Waals surface area contributed by atoms with Gasteiger partial charge in [0.1, 0.15) is 0 Å². The monoisotopic (exact) mass is 226 g/mol. The van der Waals surface area contributed by atoms with E-state index in [1.165, 1.54) is 12.8 Å². The summed E-state index contributed by atoms with van der Waals surface area (Å²) in [6.07, 6.45) is 6.72. The lowest BCUT2D eigenvalue weighted by Crippen LogP contribution is -2.36. The summed E-state index contributed by atoms with van der Waals surface area (Å²) in [7, 11) is 0. The highest BCUT2D eigenvalue weighted by Gasteiger charge is 2.19. The predicted molar refractivity (Wildman–Crippen MR) is 62.3 cm³/mol. The second kappa shape index (κ2) is 6.09. The van der Waals surface area contributed by atoms with Crippen LogP contribution in [0.1, 0.15) is 38.5 Å². The highest BCUT2D eigenvalue weighted by molar-refractivity contribution is 5.67. The molecule has 0 radical (unpaired) electrons. The minimum Gasteiger partial charge on any atom is -0.449 e. The number of amides is 1. The summed E-state index contributed by atoms with van der Waals surface area (Å²) in [6.45, 7) is 2.69. The second-order valence-corrected chi connectivity index (χ2v) is 4.92. The van der Waals surface area contributed by atoms with Crippen LogP contribution in [-0.2, 0) is 4.74 Å². The summed E-state index contributed by atoms with van der Waals surface area (Å²) in [4.78, 5) is 11.5. The van der Waals surface area contributed by atoms with Gasteiger partial charge in [-0.1, -0.05) is 12.8 Å². The van der Waals surface area contributed by atoms with Gasteiger partial charge in [0.25, 0.3) is 0 Å². The van der Waals surface area contributed by atoms with Crippen LogP contribution in [0.5, 0.6) is 0 Å². The van der Waals surface area contributed by atoms with Crippen molar-refractivity contribution in [3.05, 3.63) is 0 Å².